The van der Waals surface area contributed by atoms with E-state index in [-0.39, 0.29) is 12.2 Å². The minimum Gasteiger partial charge on any atom is -0.472 e. The molecule has 2 nitrogen and oxygen atoms in total. The van der Waals surface area contributed by atoms with Gasteiger partial charge >= 0.3 is 6.18 Å². The van der Waals surface area contributed by atoms with E-state index in [4.69, 9.17) is 4.42 Å². The van der Waals surface area contributed by atoms with Crippen LogP contribution in [0.4, 0.5) is 13.2 Å². The summed E-state index contributed by atoms with van der Waals surface area (Å²) in [6.45, 7) is 33.4. The molecule has 5 heteroatoms. The van der Waals surface area contributed by atoms with Crippen molar-refractivity contribution in [3.8, 4) is 12.8 Å². The largest absolute Gasteiger partial charge is 0.472 e. The number of ketones is 1. The predicted molar refractivity (Wildman–Crippen MR) is 222 cm³/mol. The minimum atomic E-state index is -4.39. The highest BCUT2D eigenvalue weighted by Crippen LogP contribution is 2.32. The Hall–Kier alpha value is -3.52. The van der Waals surface area contributed by atoms with Crippen LogP contribution in [0.3, 0.4) is 0 Å². The first kappa shape index (κ1) is 56.8. The number of alkyl halides is 3. The van der Waals surface area contributed by atoms with Gasteiger partial charge in [0.1, 0.15) is 0 Å². The van der Waals surface area contributed by atoms with E-state index in [0.29, 0.717) is 29.6 Å². The first-order valence-electron chi connectivity index (χ1n) is 19.0. The molecule has 0 aliphatic carbocycles. The van der Waals surface area contributed by atoms with Crippen molar-refractivity contribution in [3.05, 3.63) is 101 Å². The summed E-state index contributed by atoms with van der Waals surface area (Å²) in [4.78, 5) is 11.7. The second-order valence-corrected chi connectivity index (χ2v) is 11.1. The fourth-order valence-electron chi connectivity index (χ4n) is 4.26. The summed E-state index contributed by atoms with van der Waals surface area (Å²) >= 11 is 0. The normalized spacial score (nSPS) is 11.5. The van der Waals surface area contributed by atoms with Gasteiger partial charge in [-0.3, -0.25) is 4.79 Å². The van der Waals surface area contributed by atoms with Crippen LogP contribution in [-0.2, 0) is 4.79 Å². The maximum Gasteiger partial charge on any atom is 0.412 e. The van der Waals surface area contributed by atoms with Gasteiger partial charge in [-0.25, -0.2) is 0 Å². The van der Waals surface area contributed by atoms with Gasteiger partial charge in [-0.1, -0.05) is 149 Å². The summed E-state index contributed by atoms with van der Waals surface area (Å²) in [5.41, 5.74) is 5.59. The minimum absolute atomic E-state index is 0.0559. The van der Waals surface area contributed by atoms with Crippen LogP contribution in [-0.4, -0.2) is 12.0 Å². The first-order chi connectivity index (χ1) is 24.2. The standard InChI is InChI=1S/C21H25F3O2.C13H20.C4H10.3C2H6.C2H2/c1-6-20(21(22,23)24)12-18(19-9-10-26-13-19)8-7-17(11-14(2)3)15(4)16(5)25;1-4-6-12(5-2)13-9-7-11(3)8-10-13;1-3-4-2;4*1-2/h8-10,12-13H,2,6-7,11H2,1,3-5H3;7-10,12H,4-6H2,1-3H3;3-4H2,1-2H3;3*1-2H3;1-2H/b17-15-,18-8+,20-12+;;;;;;. The Bertz CT molecular complexity index is 1200. The SMILES string of the molecule is C#C.C=C(C)C/C(C/C=C(\C=C(/CC)C(F)(F)F)c1ccoc1)=C(/C)C(C)=O.CC.CC.CC.CCCC.CCCC(CC)c1ccc(C)cc1. The number of Topliss-reactive ketones (excluding diaryl/α,β-unsaturated/α-hetero) is 1. The number of allylic oxidation sites excluding steroid dienone is 7. The van der Waals surface area contributed by atoms with Crippen molar-refractivity contribution in [2.75, 3.05) is 0 Å². The van der Waals surface area contributed by atoms with Crippen molar-refractivity contribution in [1.82, 2.24) is 0 Å². The summed E-state index contributed by atoms with van der Waals surface area (Å²) in [7, 11) is 0. The number of carbonyl (C=O) groups excluding carboxylic acids is 1. The molecule has 0 saturated carbocycles. The lowest BCUT2D eigenvalue weighted by molar-refractivity contribution is -0.113. The number of rotatable bonds is 13. The number of halogens is 3. The fraction of sp³-hybridized carbons (Fsp3) is 0.543. The molecular weight excluding hydrogens is 641 g/mol. The number of unbranched alkanes of at least 4 members (excludes halogenated alkanes) is 1. The lowest BCUT2D eigenvalue weighted by Crippen LogP contribution is -2.11. The van der Waals surface area contributed by atoms with Crippen molar-refractivity contribution in [1.29, 1.82) is 0 Å². The van der Waals surface area contributed by atoms with Crippen LogP contribution < -0.4 is 0 Å². The zero-order valence-corrected chi connectivity index (χ0v) is 35.2. The monoisotopic (exact) mass is 717 g/mol. The van der Waals surface area contributed by atoms with E-state index in [9.17, 15) is 18.0 Å². The molecule has 0 N–H and O–H groups in total. The Balaban J connectivity index is -0.000000234. The van der Waals surface area contributed by atoms with Crippen LogP contribution in [0.5, 0.6) is 0 Å². The van der Waals surface area contributed by atoms with Crippen LogP contribution >= 0.6 is 0 Å². The van der Waals surface area contributed by atoms with E-state index < -0.39 is 11.7 Å². The molecule has 1 aromatic carbocycles. The molecule has 0 spiro atoms. The van der Waals surface area contributed by atoms with Crippen molar-refractivity contribution in [2.24, 2.45) is 0 Å². The lowest BCUT2D eigenvalue weighted by Gasteiger charge is -2.14. The molecule has 2 aromatic rings. The van der Waals surface area contributed by atoms with E-state index in [0.717, 1.165) is 23.1 Å². The quantitative estimate of drug-likeness (QED) is 0.0894. The molecule has 0 aliphatic rings. The fourth-order valence-corrected chi connectivity index (χ4v) is 4.26. The van der Waals surface area contributed by atoms with Gasteiger partial charge in [0.15, 0.2) is 5.78 Å². The van der Waals surface area contributed by atoms with Crippen LogP contribution in [0.2, 0.25) is 0 Å². The number of furan rings is 1. The first-order valence-corrected chi connectivity index (χ1v) is 19.0. The van der Waals surface area contributed by atoms with Crippen molar-refractivity contribution in [3.63, 3.8) is 0 Å². The van der Waals surface area contributed by atoms with Gasteiger partial charge in [0.2, 0.25) is 0 Å². The summed E-state index contributed by atoms with van der Waals surface area (Å²) in [5.74, 6) is 0.713. The number of hydrogen-bond donors (Lipinski definition) is 0. The van der Waals surface area contributed by atoms with Crippen molar-refractivity contribution in [2.45, 2.75) is 167 Å². The van der Waals surface area contributed by atoms with Crippen LogP contribution in [0, 0.1) is 19.8 Å². The molecule has 0 aliphatic heterocycles. The molecule has 0 amide bonds. The van der Waals surface area contributed by atoms with Gasteiger partial charge in [0.05, 0.1) is 12.5 Å². The van der Waals surface area contributed by atoms with E-state index in [2.05, 4.69) is 78.3 Å². The molecule has 0 bridgehead atoms. The van der Waals surface area contributed by atoms with Crippen molar-refractivity contribution < 1.29 is 22.4 Å². The van der Waals surface area contributed by atoms with Gasteiger partial charge in [-0.15, -0.1) is 12.8 Å². The molecular formula is C46H75F3O2. The smallest absolute Gasteiger partial charge is 0.412 e. The Morgan fingerprint density at radius 2 is 1.37 bits per heavy atom. The molecule has 1 aromatic heterocycles. The number of carbonyl (C=O) groups is 1. The molecule has 2 rings (SSSR count). The summed E-state index contributed by atoms with van der Waals surface area (Å²) < 4.78 is 44.5. The Labute approximate surface area is 313 Å². The van der Waals surface area contributed by atoms with Gasteiger partial charge in [0.25, 0.3) is 0 Å². The molecule has 51 heavy (non-hydrogen) atoms. The van der Waals surface area contributed by atoms with Gasteiger partial charge in [-0.2, -0.15) is 13.2 Å². The third-order valence-electron chi connectivity index (χ3n) is 7.25. The van der Waals surface area contributed by atoms with Crippen LogP contribution in [0.15, 0.2) is 88.3 Å². The molecule has 292 valence electrons. The predicted octanol–water partition coefficient (Wildman–Crippen LogP) is 16.2. The van der Waals surface area contributed by atoms with E-state index in [1.54, 1.807) is 19.1 Å². The van der Waals surface area contributed by atoms with E-state index >= 15 is 0 Å². The summed E-state index contributed by atoms with van der Waals surface area (Å²) in [5, 5.41) is 0. The Kier molecular flexibility index (Phi) is 42.1. The summed E-state index contributed by atoms with van der Waals surface area (Å²) in [6, 6.07) is 10.6. The zero-order chi connectivity index (χ0) is 41.0. The number of terminal acetylenes is 1. The summed E-state index contributed by atoms with van der Waals surface area (Å²) in [6.07, 6.45) is 16.6. The Morgan fingerprint density at radius 3 is 1.71 bits per heavy atom. The highest BCUT2D eigenvalue weighted by Gasteiger charge is 2.32. The van der Waals surface area contributed by atoms with Gasteiger partial charge < -0.3 is 4.42 Å². The van der Waals surface area contributed by atoms with Crippen LogP contribution in [0.1, 0.15) is 171 Å². The second kappa shape index (κ2) is 37.7. The van der Waals surface area contributed by atoms with Gasteiger partial charge in [-0.05, 0) is 94.6 Å². The van der Waals surface area contributed by atoms with Gasteiger partial charge in [0, 0.05) is 11.1 Å². The zero-order valence-electron chi connectivity index (χ0n) is 35.2. The Morgan fingerprint density at radius 1 is 0.863 bits per heavy atom. The number of aryl methyl sites for hydroxylation is 1. The van der Waals surface area contributed by atoms with E-state index in [1.165, 1.54) is 69.6 Å². The molecule has 0 fully saturated rings. The van der Waals surface area contributed by atoms with Crippen molar-refractivity contribution >= 4 is 11.4 Å². The molecule has 1 unspecified atom stereocenters. The average molecular weight is 717 g/mol. The molecule has 1 atom stereocenters. The third-order valence-corrected chi connectivity index (χ3v) is 7.25. The maximum absolute atomic E-state index is 13.1. The maximum atomic E-state index is 13.1. The lowest BCUT2D eigenvalue weighted by atomic mass is 9.92. The highest BCUT2D eigenvalue weighted by molar-refractivity contribution is 5.93. The number of hydrogen-bond acceptors (Lipinski definition) is 2. The number of benzene rings is 1. The molecule has 0 saturated heterocycles. The third kappa shape index (κ3) is 28.8. The van der Waals surface area contributed by atoms with Crippen LogP contribution in [0.25, 0.3) is 5.57 Å². The van der Waals surface area contributed by atoms with E-state index in [1.807, 2.05) is 48.5 Å². The average Bonchev–Trinajstić information content (AvgIpc) is 3.68. The molecule has 0 radical (unpaired) electrons. The highest BCUT2D eigenvalue weighted by atomic mass is 19.4. The second-order valence-electron chi connectivity index (χ2n) is 11.1. The molecule has 1 heterocycles. The topological polar surface area (TPSA) is 30.2 Å².